The summed E-state index contributed by atoms with van der Waals surface area (Å²) in [4.78, 5) is 42.9. The number of aliphatic carboxylic acids is 1. The molecule has 0 bridgehead atoms. The number of nitrogens with zero attached hydrogens (tertiary/aromatic N) is 3. The van der Waals surface area contributed by atoms with Crippen LogP contribution in [0.1, 0.15) is 68.3 Å². The fourth-order valence-electron chi connectivity index (χ4n) is 7.84. The van der Waals surface area contributed by atoms with Crippen molar-refractivity contribution in [2.75, 3.05) is 18.5 Å². The number of anilines is 1. The molecule has 1 aromatic heterocycles. The van der Waals surface area contributed by atoms with Crippen LogP contribution in [0.2, 0.25) is 10.0 Å². The number of carboxylic acids is 1. The van der Waals surface area contributed by atoms with E-state index in [1.165, 1.54) is 0 Å². The Kier molecular flexibility index (Phi) is 9.67. The van der Waals surface area contributed by atoms with Crippen LogP contribution in [-0.4, -0.2) is 80.7 Å². The van der Waals surface area contributed by atoms with E-state index in [-0.39, 0.29) is 42.3 Å². The zero-order valence-electron chi connectivity index (χ0n) is 26.5. The number of benzene rings is 2. The largest absolute Gasteiger partial charge is 0.481 e. The van der Waals surface area contributed by atoms with Crippen LogP contribution in [0.4, 0.5) is 5.69 Å². The number of halogens is 2. The number of hydrogen-bond acceptors (Lipinski definition) is 5. The summed E-state index contributed by atoms with van der Waals surface area (Å²) < 4.78 is 8.23. The average Bonchev–Trinajstić information content (AvgIpc) is 3.59. The lowest BCUT2D eigenvalue weighted by molar-refractivity contribution is -0.144. The molecule has 9 nitrogen and oxygen atoms in total. The second-order valence-corrected chi connectivity index (χ2v) is 14.2. The molecule has 246 valence electrons. The second-order valence-electron chi connectivity index (χ2n) is 13.3. The first-order valence-electron chi connectivity index (χ1n) is 16.2. The smallest absolute Gasteiger partial charge is 0.306 e. The Hall–Kier alpha value is -3.11. The summed E-state index contributed by atoms with van der Waals surface area (Å²) in [5.74, 6) is -1.37. The van der Waals surface area contributed by atoms with E-state index in [4.69, 9.17) is 27.9 Å². The van der Waals surface area contributed by atoms with Crippen LogP contribution < -0.4 is 5.32 Å². The number of aryl methyl sites for hydroxylation is 1. The van der Waals surface area contributed by atoms with Gasteiger partial charge in [0.05, 0.1) is 47.4 Å². The molecule has 4 atom stereocenters. The van der Waals surface area contributed by atoms with Gasteiger partial charge in [-0.15, -0.1) is 0 Å². The molecule has 1 saturated carbocycles. The van der Waals surface area contributed by atoms with Gasteiger partial charge in [-0.2, -0.15) is 0 Å². The van der Waals surface area contributed by atoms with Gasteiger partial charge in [0.25, 0.3) is 5.91 Å². The number of amides is 2. The van der Waals surface area contributed by atoms with Gasteiger partial charge in [-0.1, -0.05) is 41.4 Å². The van der Waals surface area contributed by atoms with Gasteiger partial charge in [0.15, 0.2) is 0 Å². The van der Waals surface area contributed by atoms with Gasteiger partial charge in [-0.3, -0.25) is 19.3 Å². The highest BCUT2D eigenvalue weighted by Crippen LogP contribution is 2.36. The SMILES string of the molecule is C[C@H]1C[C@H](C)N1[C@H]1C[C@@H](CO[C@H]2CC[C@H](C(=O)O)CC2)N(C(=O)Cc2cc(Cl)c(NC(=O)c3cn(C)c4ccccc34)cc2Cl)C1. The van der Waals surface area contributed by atoms with E-state index < -0.39 is 5.97 Å². The van der Waals surface area contributed by atoms with Gasteiger partial charge in [-0.25, -0.2) is 0 Å². The van der Waals surface area contributed by atoms with Crippen molar-refractivity contribution in [3.63, 3.8) is 0 Å². The number of carbonyl (C=O) groups excluding carboxylic acids is 2. The van der Waals surface area contributed by atoms with Crippen LogP contribution in [0.25, 0.3) is 10.9 Å². The van der Waals surface area contributed by atoms with Gasteiger partial charge in [0.2, 0.25) is 5.91 Å². The van der Waals surface area contributed by atoms with E-state index in [0.29, 0.717) is 64.9 Å². The summed E-state index contributed by atoms with van der Waals surface area (Å²) >= 11 is 13.4. The van der Waals surface area contributed by atoms with Crippen LogP contribution in [0.3, 0.4) is 0 Å². The van der Waals surface area contributed by atoms with Crippen molar-refractivity contribution in [3.05, 3.63) is 63.8 Å². The zero-order chi connectivity index (χ0) is 32.7. The number of nitrogens with one attached hydrogen (secondary N) is 1. The predicted molar refractivity (Wildman–Crippen MR) is 180 cm³/mol. The highest BCUT2D eigenvalue weighted by atomic mass is 35.5. The van der Waals surface area contributed by atoms with Crippen molar-refractivity contribution < 1.29 is 24.2 Å². The molecule has 3 aliphatic rings. The maximum atomic E-state index is 13.9. The number of likely N-dealkylation sites (tertiary alicyclic amines) is 2. The third-order valence-electron chi connectivity index (χ3n) is 10.2. The van der Waals surface area contributed by atoms with E-state index in [1.54, 1.807) is 18.3 Å². The molecule has 2 N–H and O–H groups in total. The minimum absolute atomic E-state index is 0.0124. The average molecular weight is 670 g/mol. The van der Waals surface area contributed by atoms with Crippen molar-refractivity contribution >= 4 is 57.6 Å². The zero-order valence-corrected chi connectivity index (χ0v) is 28.1. The first-order valence-corrected chi connectivity index (χ1v) is 17.0. The minimum atomic E-state index is -0.731. The Bertz CT molecular complexity index is 1630. The molecule has 11 heteroatoms. The summed E-state index contributed by atoms with van der Waals surface area (Å²) in [7, 11) is 1.89. The normalized spacial score (nSPS) is 26.7. The van der Waals surface area contributed by atoms with Crippen molar-refractivity contribution in [3.8, 4) is 0 Å². The van der Waals surface area contributed by atoms with Crippen LogP contribution in [0.15, 0.2) is 42.6 Å². The van der Waals surface area contributed by atoms with Gasteiger partial charge < -0.3 is 24.6 Å². The third-order valence-corrected chi connectivity index (χ3v) is 10.9. The highest BCUT2D eigenvalue weighted by molar-refractivity contribution is 6.36. The summed E-state index contributed by atoms with van der Waals surface area (Å²) in [5, 5.41) is 13.7. The maximum absolute atomic E-state index is 13.9. The van der Waals surface area contributed by atoms with E-state index >= 15 is 0 Å². The Morgan fingerprint density at radius 3 is 2.41 bits per heavy atom. The van der Waals surface area contributed by atoms with E-state index in [1.807, 2.05) is 40.8 Å². The molecule has 2 saturated heterocycles. The molecule has 0 spiro atoms. The van der Waals surface area contributed by atoms with Gasteiger partial charge in [0.1, 0.15) is 0 Å². The maximum Gasteiger partial charge on any atom is 0.306 e. The molecular weight excluding hydrogens is 627 g/mol. The lowest BCUT2D eigenvalue weighted by Gasteiger charge is -2.49. The van der Waals surface area contributed by atoms with Gasteiger partial charge >= 0.3 is 5.97 Å². The van der Waals surface area contributed by atoms with Crippen molar-refractivity contribution in [1.82, 2.24) is 14.4 Å². The number of para-hydroxylation sites is 1. The topological polar surface area (TPSA) is 104 Å². The molecule has 2 aliphatic heterocycles. The number of hydrogen-bond donors (Lipinski definition) is 2. The second kappa shape index (κ2) is 13.6. The van der Waals surface area contributed by atoms with Crippen molar-refractivity contribution in [1.29, 1.82) is 0 Å². The number of carboxylic acid groups (broad SMARTS) is 1. The molecule has 2 aromatic carbocycles. The van der Waals surface area contributed by atoms with Crippen LogP contribution >= 0.6 is 23.2 Å². The summed E-state index contributed by atoms with van der Waals surface area (Å²) in [6, 6.07) is 12.1. The molecular formula is C35H42Cl2N4O5. The Balaban J connectivity index is 1.13. The molecule has 6 rings (SSSR count). The van der Waals surface area contributed by atoms with Crippen molar-refractivity contribution in [2.45, 2.75) is 89.1 Å². The Labute approximate surface area is 279 Å². The van der Waals surface area contributed by atoms with Crippen LogP contribution in [0, 0.1) is 5.92 Å². The van der Waals surface area contributed by atoms with Crippen LogP contribution in [0.5, 0.6) is 0 Å². The molecule has 1 aliphatic carbocycles. The number of fused-ring (bicyclic) bond motifs is 1. The fraction of sp³-hybridized carbons (Fsp3) is 0.514. The molecule has 0 radical (unpaired) electrons. The minimum Gasteiger partial charge on any atom is -0.481 e. The first-order chi connectivity index (χ1) is 22.0. The number of ether oxygens (including phenoxy) is 1. The van der Waals surface area contributed by atoms with Crippen molar-refractivity contribution in [2.24, 2.45) is 13.0 Å². The standard InChI is InChI=1S/C35H42Cl2N4O5/c1-20-12-21(2)41(20)24-15-25(19-46-26-10-8-22(9-11-26)35(44)45)40(17-24)33(42)14-23-13-30(37)31(16-29(23)36)38-34(43)28-18-39(3)32-7-5-4-6-27(28)32/h4-7,13,16,18,20-22,24-26H,8-12,14-15,17,19H2,1-3H3,(H,38,43)(H,44,45)/t20-,21-,22-,24-,25-,26-/m0/s1. The first kappa shape index (κ1) is 32.8. The van der Waals surface area contributed by atoms with Gasteiger partial charge in [-0.05, 0) is 76.1 Å². The molecule has 0 unspecified atom stereocenters. The summed E-state index contributed by atoms with van der Waals surface area (Å²) in [6.45, 7) is 5.52. The monoisotopic (exact) mass is 668 g/mol. The molecule has 2 amide bonds. The molecule has 3 fully saturated rings. The lowest BCUT2D eigenvalue weighted by atomic mass is 9.87. The third kappa shape index (κ3) is 6.65. The molecule has 46 heavy (non-hydrogen) atoms. The summed E-state index contributed by atoms with van der Waals surface area (Å²) in [5.41, 5.74) is 2.46. The fourth-order valence-corrected chi connectivity index (χ4v) is 8.31. The van der Waals surface area contributed by atoms with E-state index in [0.717, 1.165) is 36.6 Å². The van der Waals surface area contributed by atoms with Gasteiger partial charge in [0, 0.05) is 53.8 Å². The quantitative estimate of drug-likeness (QED) is 0.274. The lowest BCUT2D eigenvalue weighted by Crippen LogP contribution is -2.58. The Morgan fingerprint density at radius 1 is 1.00 bits per heavy atom. The Morgan fingerprint density at radius 2 is 1.72 bits per heavy atom. The van der Waals surface area contributed by atoms with E-state index in [2.05, 4.69) is 24.1 Å². The number of aromatic nitrogens is 1. The number of rotatable bonds is 9. The highest BCUT2D eigenvalue weighted by Gasteiger charge is 2.45. The molecule has 3 aromatic rings. The van der Waals surface area contributed by atoms with Crippen LogP contribution in [-0.2, 0) is 27.8 Å². The summed E-state index contributed by atoms with van der Waals surface area (Å²) in [6.07, 6.45) is 6.54. The molecule has 3 heterocycles. The number of carbonyl (C=O) groups is 3. The van der Waals surface area contributed by atoms with E-state index in [9.17, 15) is 19.5 Å². The predicted octanol–water partition coefficient (Wildman–Crippen LogP) is 6.39.